The third-order valence-electron chi connectivity index (χ3n) is 3.50. The molecule has 0 bridgehead atoms. The van der Waals surface area contributed by atoms with Crippen molar-refractivity contribution in [3.63, 3.8) is 0 Å². The van der Waals surface area contributed by atoms with Crippen LogP contribution < -0.4 is 10.6 Å². The Morgan fingerprint density at radius 3 is 3.06 bits per heavy atom. The Labute approximate surface area is 106 Å². The van der Waals surface area contributed by atoms with Gasteiger partial charge in [0.25, 0.3) is 5.91 Å². The minimum absolute atomic E-state index is 0.0145. The summed E-state index contributed by atoms with van der Waals surface area (Å²) in [7, 11) is 0. The second-order valence-electron chi connectivity index (χ2n) is 4.89. The van der Waals surface area contributed by atoms with Crippen molar-refractivity contribution in [1.82, 2.24) is 15.6 Å². The van der Waals surface area contributed by atoms with Gasteiger partial charge in [-0.25, -0.2) is 0 Å². The van der Waals surface area contributed by atoms with E-state index in [-0.39, 0.29) is 11.9 Å². The summed E-state index contributed by atoms with van der Waals surface area (Å²) in [4.78, 5) is 15.3. The summed E-state index contributed by atoms with van der Waals surface area (Å²) in [6, 6.07) is 8.24. The summed E-state index contributed by atoms with van der Waals surface area (Å²) in [6.07, 6.45) is 1.00. The van der Waals surface area contributed by atoms with E-state index < -0.39 is 0 Å². The second kappa shape index (κ2) is 4.46. The second-order valence-corrected chi connectivity index (χ2v) is 4.89. The van der Waals surface area contributed by atoms with Crippen LogP contribution in [0.2, 0.25) is 0 Å². The van der Waals surface area contributed by atoms with Gasteiger partial charge in [-0.2, -0.15) is 0 Å². The van der Waals surface area contributed by atoms with Gasteiger partial charge < -0.3 is 15.6 Å². The molecule has 1 aliphatic heterocycles. The molecule has 0 saturated carbocycles. The maximum absolute atomic E-state index is 12.1. The first-order chi connectivity index (χ1) is 8.74. The van der Waals surface area contributed by atoms with Gasteiger partial charge in [0.05, 0.1) is 0 Å². The number of rotatable bonds is 2. The van der Waals surface area contributed by atoms with Crippen molar-refractivity contribution in [2.75, 3.05) is 13.1 Å². The minimum atomic E-state index is -0.0145. The lowest BCUT2D eigenvalue weighted by atomic mass is 10.2. The van der Waals surface area contributed by atoms with Gasteiger partial charge in [-0.1, -0.05) is 18.2 Å². The first-order valence-corrected chi connectivity index (χ1v) is 6.34. The van der Waals surface area contributed by atoms with Gasteiger partial charge in [0, 0.05) is 23.5 Å². The largest absolute Gasteiger partial charge is 0.350 e. The number of aryl methyl sites for hydroxylation is 1. The Morgan fingerprint density at radius 2 is 2.33 bits per heavy atom. The molecule has 0 spiro atoms. The van der Waals surface area contributed by atoms with Gasteiger partial charge in [-0.15, -0.1) is 0 Å². The van der Waals surface area contributed by atoms with Gasteiger partial charge in [-0.05, 0) is 31.5 Å². The lowest BCUT2D eigenvalue weighted by Crippen LogP contribution is -2.36. The topological polar surface area (TPSA) is 56.9 Å². The molecule has 3 N–H and O–H groups in total. The van der Waals surface area contributed by atoms with Crippen molar-refractivity contribution in [2.24, 2.45) is 0 Å². The van der Waals surface area contributed by atoms with E-state index in [1.807, 2.05) is 31.2 Å². The average Bonchev–Trinajstić information content (AvgIpc) is 2.97. The normalized spacial score (nSPS) is 19.3. The number of fused-ring (bicyclic) bond motifs is 1. The Morgan fingerprint density at radius 1 is 1.44 bits per heavy atom. The smallest absolute Gasteiger partial charge is 0.267 e. The van der Waals surface area contributed by atoms with E-state index in [0.29, 0.717) is 5.69 Å². The molecule has 1 aromatic carbocycles. The highest BCUT2D eigenvalue weighted by Crippen LogP contribution is 2.18. The van der Waals surface area contributed by atoms with Gasteiger partial charge in [0.2, 0.25) is 0 Å². The van der Waals surface area contributed by atoms with Gasteiger partial charge in [0.15, 0.2) is 0 Å². The summed E-state index contributed by atoms with van der Waals surface area (Å²) < 4.78 is 0. The van der Waals surface area contributed by atoms with Gasteiger partial charge in [-0.3, -0.25) is 4.79 Å². The quantitative estimate of drug-likeness (QED) is 0.750. The molecule has 0 unspecified atom stereocenters. The molecule has 2 aromatic rings. The molecule has 1 aromatic heterocycles. The minimum Gasteiger partial charge on any atom is -0.350 e. The summed E-state index contributed by atoms with van der Waals surface area (Å²) >= 11 is 0. The van der Waals surface area contributed by atoms with Crippen LogP contribution in [0.1, 0.15) is 22.5 Å². The monoisotopic (exact) mass is 243 g/mol. The number of para-hydroxylation sites is 1. The van der Waals surface area contributed by atoms with Gasteiger partial charge >= 0.3 is 0 Å². The van der Waals surface area contributed by atoms with Crippen LogP contribution in [0.15, 0.2) is 24.3 Å². The lowest BCUT2D eigenvalue weighted by Gasteiger charge is -2.09. The maximum Gasteiger partial charge on any atom is 0.267 e. The molecule has 1 saturated heterocycles. The molecule has 1 atom stereocenters. The first-order valence-electron chi connectivity index (χ1n) is 6.34. The molecule has 1 fully saturated rings. The van der Waals surface area contributed by atoms with E-state index in [1.54, 1.807) is 0 Å². The standard InChI is InChI=1S/C14H17N3O/c1-9-3-2-4-10-7-12(17-13(9)10)14(18)16-11-5-6-15-8-11/h2-4,7,11,15,17H,5-6,8H2,1H3,(H,16,18)/t11-/m0/s1. The number of hydrogen-bond donors (Lipinski definition) is 3. The van der Waals surface area contributed by atoms with Crippen LogP contribution in [0.25, 0.3) is 10.9 Å². The van der Waals surface area contributed by atoms with Gasteiger partial charge in [0.1, 0.15) is 5.69 Å². The lowest BCUT2D eigenvalue weighted by molar-refractivity contribution is 0.0936. The number of benzene rings is 1. The van der Waals surface area contributed by atoms with E-state index in [9.17, 15) is 4.79 Å². The molecule has 4 nitrogen and oxygen atoms in total. The Bertz CT molecular complexity index is 582. The summed E-state index contributed by atoms with van der Waals surface area (Å²) in [5.74, 6) is -0.0145. The van der Waals surface area contributed by atoms with Crippen molar-refractivity contribution in [3.05, 3.63) is 35.5 Å². The van der Waals surface area contributed by atoms with E-state index in [4.69, 9.17) is 0 Å². The predicted octanol–water partition coefficient (Wildman–Crippen LogP) is 1.57. The molecule has 1 aliphatic rings. The SMILES string of the molecule is Cc1cccc2cc(C(=O)N[C@H]3CCNC3)[nH]c12. The average molecular weight is 243 g/mol. The molecular weight excluding hydrogens is 226 g/mol. The fourth-order valence-corrected chi connectivity index (χ4v) is 2.47. The number of amides is 1. The fraction of sp³-hybridized carbons (Fsp3) is 0.357. The van der Waals surface area contributed by atoms with E-state index in [2.05, 4.69) is 15.6 Å². The molecular formula is C14H17N3O. The number of carbonyl (C=O) groups excluding carboxylic acids is 1. The molecule has 1 amide bonds. The zero-order valence-corrected chi connectivity index (χ0v) is 10.4. The van der Waals surface area contributed by atoms with Crippen LogP contribution in [0.5, 0.6) is 0 Å². The number of H-pyrrole nitrogens is 1. The predicted molar refractivity (Wildman–Crippen MR) is 71.8 cm³/mol. The highest BCUT2D eigenvalue weighted by molar-refractivity contribution is 5.98. The third kappa shape index (κ3) is 1.99. The van der Waals surface area contributed by atoms with Crippen LogP contribution >= 0.6 is 0 Å². The molecule has 94 valence electrons. The number of carbonyl (C=O) groups is 1. The fourth-order valence-electron chi connectivity index (χ4n) is 2.47. The number of aromatic nitrogens is 1. The highest BCUT2D eigenvalue weighted by Gasteiger charge is 2.18. The molecule has 4 heteroatoms. The van der Waals surface area contributed by atoms with Crippen LogP contribution in [0.4, 0.5) is 0 Å². The third-order valence-corrected chi connectivity index (χ3v) is 3.50. The van der Waals surface area contributed by atoms with E-state index in [0.717, 1.165) is 36.0 Å². The Hall–Kier alpha value is -1.81. The first kappa shape index (κ1) is 11.3. The summed E-state index contributed by atoms with van der Waals surface area (Å²) in [6.45, 7) is 3.89. The van der Waals surface area contributed by atoms with Crippen molar-refractivity contribution < 1.29 is 4.79 Å². The summed E-state index contributed by atoms with van der Waals surface area (Å²) in [5, 5.41) is 7.37. The molecule has 18 heavy (non-hydrogen) atoms. The molecule has 0 radical (unpaired) electrons. The zero-order chi connectivity index (χ0) is 12.5. The highest BCUT2D eigenvalue weighted by atomic mass is 16.1. The van der Waals surface area contributed by atoms with E-state index in [1.165, 1.54) is 0 Å². The van der Waals surface area contributed by atoms with Crippen molar-refractivity contribution in [2.45, 2.75) is 19.4 Å². The number of aromatic amines is 1. The van der Waals surface area contributed by atoms with Crippen molar-refractivity contribution in [3.8, 4) is 0 Å². The molecule has 2 heterocycles. The zero-order valence-electron chi connectivity index (χ0n) is 10.4. The Balaban J connectivity index is 1.85. The van der Waals surface area contributed by atoms with E-state index >= 15 is 0 Å². The summed E-state index contributed by atoms with van der Waals surface area (Å²) in [5.41, 5.74) is 2.85. The van der Waals surface area contributed by atoms with Crippen molar-refractivity contribution in [1.29, 1.82) is 0 Å². The number of hydrogen-bond acceptors (Lipinski definition) is 2. The van der Waals surface area contributed by atoms with Crippen LogP contribution in [0, 0.1) is 6.92 Å². The number of nitrogens with one attached hydrogen (secondary N) is 3. The van der Waals surface area contributed by atoms with Crippen LogP contribution in [-0.2, 0) is 0 Å². The van der Waals surface area contributed by atoms with Crippen molar-refractivity contribution >= 4 is 16.8 Å². The Kier molecular flexibility index (Phi) is 2.80. The molecule has 3 rings (SSSR count). The molecule has 0 aliphatic carbocycles. The van der Waals surface area contributed by atoms with Crippen LogP contribution in [0.3, 0.4) is 0 Å². The maximum atomic E-state index is 12.1. The van der Waals surface area contributed by atoms with Crippen LogP contribution in [-0.4, -0.2) is 30.0 Å².